The lowest BCUT2D eigenvalue weighted by molar-refractivity contribution is -0.127. The monoisotopic (exact) mass is 383 g/mol. The van der Waals surface area contributed by atoms with Crippen LogP contribution in [0.5, 0.6) is 5.75 Å². The number of rotatable bonds is 8. The Kier molecular flexibility index (Phi) is 6.76. The van der Waals surface area contributed by atoms with Gasteiger partial charge in [0.25, 0.3) is 0 Å². The second-order valence-electron chi connectivity index (χ2n) is 8.74. The maximum atomic E-state index is 10.3. The standard InChI is InChI=1S/C24H33NO3/c1-23(2)18-24(12-13-28-23,14-19-6-4-3-5-7-19)21(17-26)16-25-15-20-8-10-22(27)11-9-20/h3-11,21,25-27H,12-18H2,1-2H3. The van der Waals surface area contributed by atoms with Gasteiger partial charge in [-0.25, -0.2) is 0 Å². The van der Waals surface area contributed by atoms with Gasteiger partial charge < -0.3 is 20.3 Å². The number of benzene rings is 2. The minimum Gasteiger partial charge on any atom is -0.508 e. The molecule has 4 heteroatoms. The number of ether oxygens (including phenoxy) is 1. The second-order valence-corrected chi connectivity index (χ2v) is 8.74. The summed E-state index contributed by atoms with van der Waals surface area (Å²) in [5, 5.41) is 23.3. The quantitative estimate of drug-likeness (QED) is 0.647. The maximum Gasteiger partial charge on any atom is 0.115 e. The predicted octanol–water partition coefficient (Wildman–Crippen LogP) is 3.91. The second kappa shape index (κ2) is 9.08. The number of hydrogen-bond donors (Lipinski definition) is 3. The van der Waals surface area contributed by atoms with E-state index in [9.17, 15) is 10.2 Å². The molecule has 3 rings (SSSR count). The average molecular weight is 384 g/mol. The molecule has 3 N–H and O–H groups in total. The van der Waals surface area contributed by atoms with Crippen LogP contribution < -0.4 is 5.32 Å². The molecule has 1 aliphatic rings. The van der Waals surface area contributed by atoms with Crippen molar-refractivity contribution in [1.82, 2.24) is 5.32 Å². The number of aromatic hydroxyl groups is 1. The maximum absolute atomic E-state index is 10.3. The Hall–Kier alpha value is -1.88. The number of aliphatic hydroxyl groups excluding tert-OH is 1. The summed E-state index contributed by atoms with van der Waals surface area (Å²) >= 11 is 0. The molecule has 28 heavy (non-hydrogen) atoms. The molecule has 1 fully saturated rings. The Morgan fingerprint density at radius 2 is 1.75 bits per heavy atom. The molecular weight excluding hydrogens is 350 g/mol. The highest BCUT2D eigenvalue weighted by atomic mass is 16.5. The number of hydrogen-bond acceptors (Lipinski definition) is 4. The lowest BCUT2D eigenvalue weighted by Gasteiger charge is -2.49. The normalized spacial score (nSPS) is 22.7. The van der Waals surface area contributed by atoms with E-state index in [0.717, 1.165) is 44.5 Å². The molecule has 0 amide bonds. The van der Waals surface area contributed by atoms with Gasteiger partial charge in [0, 0.05) is 32.2 Å². The highest BCUT2D eigenvalue weighted by Crippen LogP contribution is 2.46. The molecule has 0 spiro atoms. The molecule has 0 saturated carbocycles. The van der Waals surface area contributed by atoms with Gasteiger partial charge >= 0.3 is 0 Å². The van der Waals surface area contributed by atoms with E-state index >= 15 is 0 Å². The van der Waals surface area contributed by atoms with Crippen molar-refractivity contribution < 1.29 is 14.9 Å². The van der Waals surface area contributed by atoms with Crippen molar-refractivity contribution in [3.63, 3.8) is 0 Å². The molecule has 2 aromatic carbocycles. The van der Waals surface area contributed by atoms with Crippen molar-refractivity contribution in [3.8, 4) is 5.75 Å². The molecule has 0 aromatic heterocycles. The van der Waals surface area contributed by atoms with E-state index in [2.05, 4.69) is 43.4 Å². The first kappa shape index (κ1) is 20.8. The van der Waals surface area contributed by atoms with Crippen LogP contribution in [-0.4, -0.2) is 35.6 Å². The smallest absolute Gasteiger partial charge is 0.115 e. The lowest BCUT2D eigenvalue weighted by atomic mass is 9.63. The Morgan fingerprint density at radius 3 is 2.39 bits per heavy atom. The zero-order valence-corrected chi connectivity index (χ0v) is 17.0. The van der Waals surface area contributed by atoms with Crippen molar-refractivity contribution in [3.05, 3.63) is 65.7 Å². The van der Waals surface area contributed by atoms with E-state index < -0.39 is 0 Å². The fourth-order valence-electron chi connectivity index (χ4n) is 4.64. The summed E-state index contributed by atoms with van der Waals surface area (Å²) in [6.45, 7) is 6.67. The van der Waals surface area contributed by atoms with Crippen molar-refractivity contribution in [2.24, 2.45) is 11.3 Å². The van der Waals surface area contributed by atoms with Gasteiger partial charge in [0.15, 0.2) is 0 Å². The van der Waals surface area contributed by atoms with Gasteiger partial charge in [0.1, 0.15) is 5.75 Å². The van der Waals surface area contributed by atoms with Crippen molar-refractivity contribution >= 4 is 0 Å². The molecule has 2 atom stereocenters. The zero-order valence-electron chi connectivity index (χ0n) is 17.0. The Labute approximate surface area is 168 Å². The first-order valence-electron chi connectivity index (χ1n) is 10.2. The van der Waals surface area contributed by atoms with E-state index in [-0.39, 0.29) is 29.3 Å². The first-order valence-corrected chi connectivity index (χ1v) is 10.2. The van der Waals surface area contributed by atoms with Crippen molar-refractivity contribution in [1.29, 1.82) is 0 Å². The molecule has 1 heterocycles. The molecule has 1 aliphatic heterocycles. The summed E-state index contributed by atoms with van der Waals surface area (Å²) in [4.78, 5) is 0. The number of phenols is 1. The van der Waals surface area contributed by atoms with Crippen LogP contribution in [0.3, 0.4) is 0 Å². The third kappa shape index (κ3) is 5.34. The summed E-state index contributed by atoms with van der Waals surface area (Å²) in [7, 11) is 0. The summed E-state index contributed by atoms with van der Waals surface area (Å²) in [6.07, 6.45) is 2.84. The van der Waals surface area contributed by atoms with E-state index in [1.54, 1.807) is 12.1 Å². The van der Waals surface area contributed by atoms with Crippen LogP contribution in [-0.2, 0) is 17.7 Å². The third-order valence-electron chi connectivity index (χ3n) is 6.01. The minimum absolute atomic E-state index is 0.000189. The van der Waals surface area contributed by atoms with Crippen LogP contribution in [0.25, 0.3) is 0 Å². The van der Waals surface area contributed by atoms with Crippen molar-refractivity contribution in [2.75, 3.05) is 19.8 Å². The summed E-state index contributed by atoms with van der Waals surface area (Å²) in [5.74, 6) is 0.427. The lowest BCUT2D eigenvalue weighted by Crippen LogP contribution is -2.50. The van der Waals surface area contributed by atoms with Gasteiger partial charge in [0.2, 0.25) is 0 Å². The molecule has 4 nitrogen and oxygen atoms in total. The Bertz CT molecular complexity index is 729. The number of nitrogens with one attached hydrogen (secondary N) is 1. The fraction of sp³-hybridized carbons (Fsp3) is 0.500. The van der Waals surface area contributed by atoms with Crippen molar-refractivity contribution in [2.45, 2.75) is 45.3 Å². The Morgan fingerprint density at radius 1 is 1.04 bits per heavy atom. The highest BCUT2D eigenvalue weighted by Gasteiger charge is 2.45. The SMILES string of the molecule is CC1(C)CC(Cc2ccccc2)(C(CO)CNCc2ccc(O)cc2)CCO1. The van der Waals surface area contributed by atoms with Gasteiger partial charge in [0.05, 0.1) is 5.60 Å². The minimum atomic E-state index is -0.183. The number of phenolic OH excluding ortho intramolecular Hbond substituents is 1. The van der Waals surface area contributed by atoms with E-state index in [0.29, 0.717) is 0 Å². The zero-order chi connectivity index (χ0) is 20.0. The van der Waals surface area contributed by atoms with Crippen LogP contribution in [0.15, 0.2) is 54.6 Å². The predicted molar refractivity (Wildman–Crippen MR) is 112 cm³/mol. The summed E-state index contributed by atoms with van der Waals surface area (Å²) in [6, 6.07) is 17.9. The molecular formula is C24H33NO3. The molecule has 1 saturated heterocycles. The van der Waals surface area contributed by atoms with E-state index in [1.165, 1.54) is 5.56 Å². The number of aliphatic hydroxyl groups is 1. The summed E-state index contributed by atoms with van der Waals surface area (Å²) < 4.78 is 6.01. The average Bonchev–Trinajstić information content (AvgIpc) is 2.66. The fourth-order valence-corrected chi connectivity index (χ4v) is 4.64. The van der Waals surface area contributed by atoms with Gasteiger partial charge in [-0.3, -0.25) is 0 Å². The topological polar surface area (TPSA) is 61.7 Å². The van der Waals surface area contributed by atoms with Crippen LogP contribution >= 0.6 is 0 Å². The molecule has 0 aliphatic carbocycles. The first-order chi connectivity index (χ1) is 13.4. The van der Waals surface area contributed by atoms with Gasteiger partial charge in [-0.05, 0) is 61.8 Å². The molecule has 2 unspecified atom stereocenters. The van der Waals surface area contributed by atoms with Crippen LogP contribution in [0, 0.1) is 11.3 Å². The van der Waals surface area contributed by atoms with Crippen LogP contribution in [0.4, 0.5) is 0 Å². The largest absolute Gasteiger partial charge is 0.508 e. The van der Waals surface area contributed by atoms with Crippen LogP contribution in [0.2, 0.25) is 0 Å². The van der Waals surface area contributed by atoms with Gasteiger partial charge in [-0.2, -0.15) is 0 Å². The molecule has 0 radical (unpaired) electrons. The molecule has 2 aromatic rings. The van der Waals surface area contributed by atoms with Gasteiger partial charge in [-0.1, -0.05) is 42.5 Å². The molecule has 152 valence electrons. The van der Waals surface area contributed by atoms with E-state index in [4.69, 9.17) is 4.74 Å². The third-order valence-corrected chi connectivity index (χ3v) is 6.01. The van der Waals surface area contributed by atoms with E-state index in [1.807, 2.05) is 18.2 Å². The summed E-state index contributed by atoms with van der Waals surface area (Å²) in [5.41, 5.74) is 2.26. The van der Waals surface area contributed by atoms with Crippen LogP contribution in [0.1, 0.15) is 37.8 Å². The Balaban J connectivity index is 1.73. The highest BCUT2D eigenvalue weighted by molar-refractivity contribution is 5.25. The molecule has 0 bridgehead atoms. The van der Waals surface area contributed by atoms with Gasteiger partial charge in [-0.15, -0.1) is 0 Å².